The Hall–Kier alpha value is -3.22. The van der Waals surface area contributed by atoms with Gasteiger partial charge in [-0.05, 0) is 11.6 Å². The molecule has 1 N–H and O–H groups in total. The lowest BCUT2D eigenvalue weighted by Gasteiger charge is -2.16. The molecule has 0 aliphatic carbocycles. The SMILES string of the molecule is CC(=O)N[C@@H](Cc1ccccc1)C(=O)Oc1cccc([N+](=O)[O-])c1. The standard InChI is InChI=1S/C17H16N2O5/c1-12(20)18-16(10-13-6-3-2-4-7-13)17(21)24-15-9-5-8-14(11-15)19(22)23/h2-9,11,16H,10H2,1H3,(H,18,20)/t16-/m0/s1. The molecule has 2 rings (SSSR count). The van der Waals surface area contributed by atoms with Gasteiger partial charge in [0.05, 0.1) is 11.0 Å². The molecule has 24 heavy (non-hydrogen) atoms. The van der Waals surface area contributed by atoms with E-state index in [1.165, 1.54) is 25.1 Å². The highest BCUT2D eigenvalue weighted by atomic mass is 16.6. The Bertz CT molecular complexity index is 746. The second kappa shape index (κ2) is 7.87. The summed E-state index contributed by atoms with van der Waals surface area (Å²) < 4.78 is 5.18. The number of nitrogens with one attached hydrogen (secondary N) is 1. The number of nitro groups is 1. The van der Waals surface area contributed by atoms with Gasteiger partial charge >= 0.3 is 5.97 Å². The zero-order valence-corrected chi connectivity index (χ0v) is 13.0. The van der Waals surface area contributed by atoms with E-state index in [0.29, 0.717) is 0 Å². The van der Waals surface area contributed by atoms with Crippen molar-refractivity contribution in [3.8, 4) is 5.75 Å². The molecule has 2 aromatic rings. The van der Waals surface area contributed by atoms with Crippen LogP contribution in [-0.4, -0.2) is 22.8 Å². The third kappa shape index (κ3) is 4.91. The molecule has 0 saturated carbocycles. The molecule has 7 nitrogen and oxygen atoms in total. The Morgan fingerprint density at radius 3 is 2.50 bits per heavy atom. The summed E-state index contributed by atoms with van der Waals surface area (Å²) in [6, 6.07) is 13.6. The first-order chi connectivity index (χ1) is 11.5. The lowest BCUT2D eigenvalue weighted by molar-refractivity contribution is -0.384. The first-order valence-electron chi connectivity index (χ1n) is 7.23. The van der Waals surface area contributed by atoms with Gasteiger partial charge in [0.25, 0.3) is 5.69 Å². The monoisotopic (exact) mass is 328 g/mol. The lowest BCUT2D eigenvalue weighted by Crippen LogP contribution is -2.43. The van der Waals surface area contributed by atoms with Crippen LogP contribution in [0.4, 0.5) is 5.69 Å². The molecule has 0 heterocycles. The predicted octanol–water partition coefficient (Wildman–Crippen LogP) is 2.25. The minimum Gasteiger partial charge on any atom is -0.425 e. The van der Waals surface area contributed by atoms with Gasteiger partial charge < -0.3 is 10.1 Å². The molecule has 0 aliphatic heterocycles. The quantitative estimate of drug-likeness (QED) is 0.379. The molecule has 124 valence electrons. The fraction of sp³-hybridized carbons (Fsp3) is 0.176. The molecule has 0 bridgehead atoms. The molecule has 0 spiro atoms. The van der Waals surface area contributed by atoms with Crippen LogP contribution < -0.4 is 10.1 Å². The zero-order valence-electron chi connectivity index (χ0n) is 13.0. The molecule has 0 aliphatic rings. The number of carbonyl (C=O) groups excluding carboxylic acids is 2. The van der Waals surface area contributed by atoms with E-state index in [1.807, 2.05) is 30.3 Å². The van der Waals surface area contributed by atoms with Crippen molar-refractivity contribution in [2.75, 3.05) is 0 Å². The average molecular weight is 328 g/mol. The third-order valence-electron chi connectivity index (χ3n) is 3.19. The molecule has 0 saturated heterocycles. The normalized spacial score (nSPS) is 11.4. The van der Waals surface area contributed by atoms with Gasteiger partial charge in [-0.1, -0.05) is 36.4 Å². The highest BCUT2D eigenvalue weighted by Gasteiger charge is 2.22. The number of rotatable bonds is 6. The van der Waals surface area contributed by atoms with Crippen LogP contribution in [0.1, 0.15) is 12.5 Å². The van der Waals surface area contributed by atoms with Crippen molar-refractivity contribution in [3.05, 3.63) is 70.3 Å². The molecule has 0 aromatic heterocycles. The highest BCUT2D eigenvalue weighted by molar-refractivity contribution is 5.84. The van der Waals surface area contributed by atoms with Gasteiger partial charge in [0.2, 0.25) is 5.91 Å². The van der Waals surface area contributed by atoms with E-state index < -0.39 is 16.9 Å². The van der Waals surface area contributed by atoms with Gasteiger partial charge in [0, 0.05) is 19.4 Å². The Labute approximate surface area is 138 Å². The maximum absolute atomic E-state index is 12.3. The van der Waals surface area contributed by atoms with E-state index in [-0.39, 0.29) is 23.8 Å². The Kier molecular flexibility index (Phi) is 5.62. The van der Waals surface area contributed by atoms with E-state index >= 15 is 0 Å². The second-order valence-electron chi connectivity index (χ2n) is 5.12. The summed E-state index contributed by atoms with van der Waals surface area (Å²) >= 11 is 0. The van der Waals surface area contributed by atoms with E-state index in [4.69, 9.17) is 4.74 Å². The Morgan fingerprint density at radius 1 is 1.17 bits per heavy atom. The summed E-state index contributed by atoms with van der Waals surface area (Å²) in [6.07, 6.45) is 0.258. The number of ether oxygens (including phenoxy) is 1. The number of nitrogens with zero attached hydrogens (tertiary/aromatic N) is 1. The summed E-state index contributed by atoms with van der Waals surface area (Å²) in [5.41, 5.74) is 0.673. The van der Waals surface area contributed by atoms with E-state index in [1.54, 1.807) is 0 Å². The van der Waals surface area contributed by atoms with Crippen molar-refractivity contribution in [2.45, 2.75) is 19.4 Å². The third-order valence-corrected chi connectivity index (χ3v) is 3.19. The molecular weight excluding hydrogens is 312 g/mol. The molecule has 2 aromatic carbocycles. The van der Waals surface area contributed by atoms with Crippen molar-refractivity contribution < 1.29 is 19.2 Å². The van der Waals surface area contributed by atoms with Gasteiger partial charge in [-0.15, -0.1) is 0 Å². The van der Waals surface area contributed by atoms with Crippen LogP contribution in [0.25, 0.3) is 0 Å². The molecule has 1 amide bonds. The molecule has 1 atom stereocenters. The molecule has 0 fully saturated rings. The van der Waals surface area contributed by atoms with Gasteiger partial charge in [0.1, 0.15) is 11.8 Å². The van der Waals surface area contributed by atoms with Crippen molar-refractivity contribution in [1.29, 1.82) is 0 Å². The van der Waals surface area contributed by atoms with Crippen LogP contribution in [0.5, 0.6) is 5.75 Å². The first-order valence-corrected chi connectivity index (χ1v) is 7.23. The lowest BCUT2D eigenvalue weighted by atomic mass is 10.1. The molecular formula is C17H16N2O5. The zero-order chi connectivity index (χ0) is 17.5. The Morgan fingerprint density at radius 2 is 1.88 bits per heavy atom. The number of amides is 1. The van der Waals surface area contributed by atoms with Crippen molar-refractivity contribution in [2.24, 2.45) is 0 Å². The summed E-state index contributed by atoms with van der Waals surface area (Å²) in [7, 11) is 0. The predicted molar refractivity (Wildman–Crippen MR) is 86.5 cm³/mol. The fourth-order valence-corrected chi connectivity index (χ4v) is 2.14. The summed E-state index contributed by atoms with van der Waals surface area (Å²) in [5.74, 6) is -1.00. The van der Waals surface area contributed by atoms with Gasteiger partial charge in [-0.3, -0.25) is 14.9 Å². The van der Waals surface area contributed by atoms with Crippen molar-refractivity contribution in [1.82, 2.24) is 5.32 Å². The van der Waals surface area contributed by atoms with Crippen molar-refractivity contribution >= 4 is 17.6 Å². The second-order valence-corrected chi connectivity index (χ2v) is 5.12. The number of hydrogen-bond acceptors (Lipinski definition) is 5. The van der Waals surface area contributed by atoms with Gasteiger partial charge in [-0.25, -0.2) is 4.79 Å². The number of benzene rings is 2. The van der Waals surface area contributed by atoms with Gasteiger partial charge in [-0.2, -0.15) is 0 Å². The smallest absolute Gasteiger partial charge is 0.334 e. The molecule has 0 unspecified atom stereocenters. The number of non-ortho nitro benzene ring substituents is 1. The number of esters is 1. The van der Waals surface area contributed by atoms with Crippen LogP contribution in [0.15, 0.2) is 54.6 Å². The number of hydrogen-bond donors (Lipinski definition) is 1. The highest BCUT2D eigenvalue weighted by Crippen LogP contribution is 2.19. The maximum Gasteiger partial charge on any atom is 0.334 e. The van der Waals surface area contributed by atoms with Crippen LogP contribution in [-0.2, 0) is 16.0 Å². The fourth-order valence-electron chi connectivity index (χ4n) is 2.14. The van der Waals surface area contributed by atoms with E-state index in [9.17, 15) is 19.7 Å². The minimum atomic E-state index is -0.885. The number of carbonyl (C=O) groups is 2. The van der Waals surface area contributed by atoms with Crippen LogP contribution in [0, 0.1) is 10.1 Å². The Balaban J connectivity index is 2.14. The van der Waals surface area contributed by atoms with E-state index in [2.05, 4.69) is 5.32 Å². The summed E-state index contributed by atoms with van der Waals surface area (Å²) in [4.78, 5) is 33.9. The van der Waals surface area contributed by atoms with Crippen molar-refractivity contribution in [3.63, 3.8) is 0 Å². The van der Waals surface area contributed by atoms with Crippen LogP contribution in [0.2, 0.25) is 0 Å². The molecule has 0 radical (unpaired) electrons. The summed E-state index contributed by atoms with van der Waals surface area (Å²) in [6.45, 7) is 1.30. The van der Waals surface area contributed by atoms with Crippen LogP contribution >= 0.6 is 0 Å². The summed E-state index contributed by atoms with van der Waals surface area (Å²) in [5, 5.41) is 13.3. The molecule has 7 heteroatoms. The van der Waals surface area contributed by atoms with E-state index in [0.717, 1.165) is 11.6 Å². The maximum atomic E-state index is 12.3. The average Bonchev–Trinajstić information content (AvgIpc) is 2.55. The van der Waals surface area contributed by atoms with Crippen LogP contribution in [0.3, 0.4) is 0 Å². The largest absolute Gasteiger partial charge is 0.425 e. The topological polar surface area (TPSA) is 98.5 Å². The van der Waals surface area contributed by atoms with Gasteiger partial charge in [0.15, 0.2) is 0 Å². The first kappa shape index (κ1) is 17.1. The number of nitro benzene ring substituents is 1. The minimum absolute atomic E-state index is 0.0533.